The van der Waals surface area contributed by atoms with E-state index in [4.69, 9.17) is 5.11 Å². The number of carbonyl (C=O) groups is 1. The lowest BCUT2D eigenvalue weighted by Gasteiger charge is -2.27. The molecule has 0 aliphatic heterocycles. The van der Waals surface area contributed by atoms with Crippen LogP contribution in [0.25, 0.3) is 0 Å². The normalized spacial score (nSPS) is 19.9. The van der Waals surface area contributed by atoms with Gasteiger partial charge in [-0.2, -0.15) is 0 Å². The van der Waals surface area contributed by atoms with Gasteiger partial charge in [0.1, 0.15) is 0 Å². The van der Waals surface area contributed by atoms with Crippen LogP contribution >= 0.6 is 0 Å². The molecule has 0 radical (unpaired) electrons. The average Bonchev–Trinajstić information content (AvgIpc) is 2.16. The van der Waals surface area contributed by atoms with Crippen molar-refractivity contribution in [2.24, 2.45) is 5.92 Å². The van der Waals surface area contributed by atoms with E-state index in [1.165, 1.54) is 19.3 Å². The molecule has 16 heavy (non-hydrogen) atoms. The fourth-order valence-electron chi connectivity index (χ4n) is 2.19. The molecule has 1 fully saturated rings. The lowest BCUT2D eigenvalue weighted by molar-refractivity contribution is -0.127. The summed E-state index contributed by atoms with van der Waals surface area (Å²) in [5.74, 6) is 0.284. The summed E-state index contributed by atoms with van der Waals surface area (Å²) in [6.07, 6.45) is 8.17. The number of aliphatic hydroxyl groups is 1. The van der Waals surface area contributed by atoms with E-state index in [0.29, 0.717) is 0 Å². The molecule has 1 aliphatic carbocycles. The van der Waals surface area contributed by atoms with E-state index in [-0.39, 0.29) is 18.4 Å². The molecular weight excluding hydrogens is 202 g/mol. The van der Waals surface area contributed by atoms with E-state index < -0.39 is 5.54 Å². The smallest absolute Gasteiger partial charge is 0.223 e. The molecule has 0 aromatic heterocycles. The second kappa shape index (κ2) is 6.24. The summed E-state index contributed by atoms with van der Waals surface area (Å²) >= 11 is 0. The number of aliphatic hydroxyl groups excluding tert-OH is 1. The maximum atomic E-state index is 12.0. The van der Waals surface area contributed by atoms with E-state index in [0.717, 1.165) is 25.7 Å². The van der Waals surface area contributed by atoms with Crippen molar-refractivity contribution < 1.29 is 9.90 Å². The van der Waals surface area contributed by atoms with Gasteiger partial charge < -0.3 is 10.4 Å². The quantitative estimate of drug-likeness (QED) is 0.777. The van der Waals surface area contributed by atoms with Gasteiger partial charge in [-0.1, -0.05) is 32.1 Å². The maximum Gasteiger partial charge on any atom is 0.223 e. The van der Waals surface area contributed by atoms with Gasteiger partial charge in [-0.15, -0.1) is 0 Å². The van der Waals surface area contributed by atoms with E-state index in [2.05, 4.69) is 5.32 Å². The lowest BCUT2D eigenvalue weighted by atomic mass is 9.90. The largest absolute Gasteiger partial charge is 0.394 e. The van der Waals surface area contributed by atoms with E-state index in [1.807, 2.05) is 13.8 Å². The molecule has 0 atom stereocenters. The second-order valence-electron chi connectivity index (χ2n) is 5.57. The molecule has 1 aliphatic rings. The Bertz CT molecular complexity index is 218. The van der Waals surface area contributed by atoms with Crippen LogP contribution in [0.15, 0.2) is 0 Å². The Labute approximate surface area is 98.6 Å². The van der Waals surface area contributed by atoms with Crippen LogP contribution < -0.4 is 5.32 Å². The minimum atomic E-state index is -0.487. The van der Waals surface area contributed by atoms with Crippen molar-refractivity contribution in [2.45, 2.75) is 64.3 Å². The Morgan fingerprint density at radius 1 is 1.19 bits per heavy atom. The molecule has 0 unspecified atom stereocenters. The summed E-state index contributed by atoms with van der Waals surface area (Å²) in [4.78, 5) is 12.0. The molecule has 2 N–H and O–H groups in total. The predicted molar refractivity (Wildman–Crippen MR) is 65.1 cm³/mol. The fourth-order valence-corrected chi connectivity index (χ4v) is 2.19. The minimum Gasteiger partial charge on any atom is -0.394 e. The molecule has 1 rings (SSSR count). The standard InChI is InChI=1S/C13H25NO2/c1-13(2,10-15)14-12(16)11-8-6-4-3-5-7-9-11/h11,15H,3-10H2,1-2H3,(H,14,16). The third-order valence-electron chi connectivity index (χ3n) is 3.33. The predicted octanol–water partition coefficient (Wildman–Crippen LogP) is 2.23. The summed E-state index contributed by atoms with van der Waals surface area (Å²) in [6, 6.07) is 0. The van der Waals surface area contributed by atoms with Gasteiger partial charge in [0.05, 0.1) is 12.1 Å². The molecule has 1 saturated carbocycles. The monoisotopic (exact) mass is 227 g/mol. The van der Waals surface area contributed by atoms with Crippen molar-refractivity contribution in [3.05, 3.63) is 0 Å². The van der Waals surface area contributed by atoms with E-state index >= 15 is 0 Å². The van der Waals surface area contributed by atoms with Crippen LogP contribution in [0.2, 0.25) is 0 Å². The Hall–Kier alpha value is -0.570. The summed E-state index contributed by atoms with van der Waals surface area (Å²) in [6.45, 7) is 3.70. The van der Waals surface area contributed by atoms with Crippen molar-refractivity contribution >= 4 is 5.91 Å². The van der Waals surface area contributed by atoms with Gasteiger partial charge in [0, 0.05) is 5.92 Å². The van der Waals surface area contributed by atoms with Gasteiger partial charge in [0.15, 0.2) is 0 Å². The van der Waals surface area contributed by atoms with Crippen LogP contribution in [-0.2, 0) is 4.79 Å². The van der Waals surface area contributed by atoms with Gasteiger partial charge in [-0.3, -0.25) is 4.79 Å². The van der Waals surface area contributed by atoms with Gasteiger partial charge in [0.25, 0.3) is 0 Å². The maximum absolute atomic E-state index is 12.0. The number of hydrogen-bond acceptors (Lipinski definition) is 2. The van der Waals surface area contributed by atoms with Crippen molar-refractivity contribution in [1.29, 1.82) is 0 Å². The second-order valence-corrected chi connectivity index (χ2v) is 5.57. The molecule has 0 heterocycles. The molecule has 3 heteroatoms. The van der Waals surface area contributed by atoms with Gasteiger partial charge in [-0.25, -0.2) is 0 Å². The van der Waals surface area contributed by atoms with Crippen LogP contribution in [0.3, 0.4) is 0 Å². The SMILES string of the molecule is CC(C)(CO)NC(=O)C1CCCCCCC1. The lowest BCUT2D eigenvalue weighted by Crippen LogP contribution is -2.48. The Morgan fingerprint density at radius 3 is 2.19 bits per heavy atom. The number of carbonyl (C=O) groups excluding carboxylic acids is 1. The summed E-state index contributed by atoms with van der Waals surface area (Å²) < 4.78 is 0. The van der Waals surface area contributed by atoms with Crippen molar-refractivity contribution in [2.75, 3.05) is 6.61 Å². The third kappa shape index (κ3) is 4.52. The molecule has 0 spiro atoms. The average molecular weight is 227 g/mol. The fraction of sp³-hybridized carbons (Fsp3) is 0.923. The molecule has 1 amide bonds. The summed E-state index contributed by atoms with van der Waals surface area (Å²) in [7, 11) is 0. The molecule has 0 aromatic carbocycles. The van der Waals surface area contributed by atoms with Crippen LogP contribution in [0.1, 0.15) is 58.8 Å². The van der Waals surface area contributed by atoms with Crippen molar-refractivity contribution in [3.63, 3.8) is 0 Å². The number of nitrogens with one attached hydrogen (secondary N) is 1. The molecule has 0 aromatic rings. The van der Waals surface area contributed by atoms with Crippen LogP contribution in [0.5, 0.6) is 0 Å². The summed E-state index contributed by atoms with van der Waals surface area (Å²) in [5, 5.41) is 12.1. The van der Waals surface area contributed by atoms with Gasteiger partial charge >= 0.3 is 0 Å². The molecule has 3 nitrogen and oxygen atoms in total. The molecular formula is C13H25NO2. The highest BCUT2D eigenvalue weighted by molar-refractivity contribution is 5.79. The first-order chi connectivity index (χ1) is 7.55. The van der Waals surface area contributed by atoms with Crippen molar-refractivity contribution in [1.82, 2.24) is 5.32 Å². The topological polar surface area (TPSA) is 49.3 Å². The van der Waals surface area contributed by atoms with Crippen LogP contribution in [-0.4, -0.2) is 23.2 Å². The summed E-state index contributed by atoms with van der Waals surface area (Å²) in [5.41, 5.74) is -0.487. The minimum absolute atomic E-state index is 0.00847. The van der Waals surface area contributed by atoms with Crippen LogP contribution in [0.4, 0.5) is 0 Å². The first-order valence-electron chi connectivity index (χ1n) is 6.48. The number of hydrogen-bond donors (Lipinski definition) is 2. The molecule has 94 valence electrons. The molecule has 0 bridgehead atoms. The zero-order valence-electron chi connectivity index (χ0n) is 10.6. The van der Waals surface area contributed by atoms with Crippen LogP contribution in [0, 0.1) is 5.92 Å². The zero-order chi connectivity index (χ0) is 12.0. The first kappa shape index (κ1) is 13.5. The highest BCUT2D eigenvalue weighted by Crippen LogP contribution is 2.22. The van der Waals surface area contributed by atoms with E-state index in [1.54, 1.807) is 0 Å². The number of amides is 1. The third-order valence-corrected chi connectivity index (χ3v) is 3.33. The van der Waals surface area contributed by atoms with Gasteiger partial charge in [-0.05, 0) is 26.7 Å². The Balaban J connectivity index is 2.44. The van der Waals surface area contributed by atoms with Crippen molar-refractivity contribution in [3.8, 4) is 0 Å². The number of rotatable bonds is 3. The highest BCUT2D eigenvalue weighted by Gasteiger charge is 2.25. The highest BCUT2D eigenvalue weighted by atomic mass is 16.3. The zero-order valence-corrected chi connectivity index (χ0v) is 10.6. The van der Waals surface area contributed by atoms with Gasteiger partial charge in [0.2, 0.25) is 5.91 Å². The Morgan fingerprint density at radius 2 is 1.69 bits per heavy atom. The molecule has 0 saturated heterocycles. The first-order valence-corrected chi connectivity index (χ1v) is 6.48. The Kier molecular flexibility index (Phi) is 5.26. The van der Waals surface area contributed by atoms with E-state index in [9.17, 15) is 4.79 Å².